The van der Waals surface area contributed by atoms with E-state index in [-0.39, 0.29) is 36.3 Å². The lowest BCUT2D eigenvalue weighted by Gasteiger charge is -2.36. The number of aryl methyl sites for hydroxylation is 1. The van der Waals surface area contributed by atoms with Crippen LogP contribution in [-0.2, 0) is 27.9 Å². The second kappa shape index (κ2) is 10.7. The van der Waals surface area contributed by atoms with E-state index in [1.54, 1.807) is 11.6 Å². The molecular weight excluding hydrogens is 478 g/mol. The molecule has 3 fully saturated rings. The monoisotopic (exact) mass is 513 g/mol. The van der Waals surface area contributed by atoms with Crippen LogP contribution in [0.15, 0.2) is 23.0 Å². The van der Waals surface area contributed by atoms with Crippen LogP contribution >= 0.6 is 0 Å². The Kier molecular flexibility index (Phi) is 7.34. The molecule has 1 atom stereocenters. The number of benzene rings is 1. The SMILES string of the molecule is Cn1c(=O)n(C2CCC(=O)NC2=O)c2cccc(CN3CCC(OC4CCC(NC(=O)O)CC4)CC3)c21. The second-order valence-corrected chi connectivity index (χ2v) is 10.5. The minimum atomic E-state index is -0.958. The van der Waals surface area contributed by atoms with Crippen LogP contribution in [0.1, 0.15) is 63.0 Å². The number of fused-ring (bicyclic) bond motifs is 1. The normalized spacial score (nSPS) is 25.8. The van der Waals surface area contributed by atoms with Gasteiger partial charge in [-0.1, -0.05) is 12.1 Å². The standard InChI is InChI=1S/C26H35N5O6/c1-29-23-16(3-2-4-20(23)31(26(29)36)21-9-10-22(32)28-24(21)33)15-30-13-11-19(12-14-30)37-18-7-5-17(6-8-18)27-25(34)35/h2-4,17-19,21,27H,5-15H2,1H3,(H,34,35)(H,28,32,33). The molecule has 200 valence electrons. The van der Waals surface area contributed by atoms with E-state index in [1.165, 1.54) is 4.57 Å². The number of hydrogen-bond donors (Lipinski definition) is 3. The van der Waals surface area contributed by atoms with Gasteiger partial charge < -0.3 is 15.2 Å². The molecule has 1 aromatic heterocycles. The number of carboxylic acid groups (broad SMARTS) is 1. The van der Waals surface area contributed by atoms with Crippen molar-refractivity contribution in [3.05, 3.63) is 34.2 Å². The van der Waals surface area contributed by atoms with Crippen LogP contribution in [-0.4, -0.2) is 68.4 Å². The first-order valence-electron chi connectivity index (χ1n) is 13.2. The summed E-state index contributed by atoms with van der Waals surface area (Å²) in [5, 5.41) is 13.8. The molecule has 1 unspecified atom stereocenters. The maximum absolute atomic E-state index is 13.2. The van der Waals surface area contributed by atoms with Gasteiger partial charge in [0.15, 0.2) is 0 Å². The van der Waals surface area contributed by atoms with Crippen molar-refractivity contribution in [2.24, 2.45) is 7.05 Å². The van der Waals surface area contributed by atoms with Gasteiger partial charge in [-0.15, -0.1) is 0 Å². The summed E-state index contributed by atoms with van der Waals surface area (Å²) >= 11 is 0. The number of carbonyl (C=O) groups excluding carboxylic acids is 2. The van der Waals surface area contributed by atoms with Gasteiger partial charge in [-0.25, -0.2) is 9.59 Å². The van der Waals surface area contributed by atoms with Crippen molar-refractivity contribution in [1.82, 2.24) is 24.7 Å². The average molecular weight is 514 g/mol. The summed E-state index contributed by atoms with van der Waals surface area (Å²) in [5.41, 5.74) is 2.32. The van der Waals surface area contributed by atoms with Crippen LogP contribution in [0, 0.1) is 0 Å². The largest absolute Gasteiger partial charge is 0.465 e. The maximum atomic E-state index is 13.2. The Labute approximate surface area is 214 Å². The number of aromatic nitrogens is 2. The fourth-order valence-corrected chi connectivity index (χ4v) is 6.11. The topological polar surface area (TPSA) is 135 Å². The van der Waals surface area contributed by atoms with Crippen molar-refractivity contribution in [2.45, 2.75) is 82.2 Å². The summed E-state index contributed by atoms with van der Waals surface area (Å²) in [6, 6.07) is 5.16. The van der Waals surface area contributed by atoms with E-state index in [0.717, 1.165) is 62.7 Å². The van der Waals surface area contributed by atoms with Gasteiger partial charge in [0.1, 0.15) is 6.04 Å². The molecular formula is C26H35N5O6. The number of para-hydroxylation sites is 1. The highest BCUT2D eigenvalue weighted by Gasteiger charge is 2.32. The van der Waals surface area contributed by atoms with Crippen molar-refractivity contribution in [3.8, 4) is 0 Å². The first-order chi connectivity index (χ1) is 17.8. The lowest BCUT2D eigenvalue weighted by atomic mass is 9.92. The molecule has 0 bridgehead atoms. The lowest BCUT2D eigenvalue weighted by molar-refractivity contribution is -0.135. The minimum absolute atomic E-state index is 0.0303. The first-order valence-corrected chi connectivity index (χ1v) is 13.2. The summed E-state index contributed by atoms with van der Waals surface area (Å²) < 4.78 is 9.50. The van der Waals surface area contributed by atoms with Gasteiger partial charge in [-0.2, -0.15) is 0 Å². The number of nitrogens with one attached hydrogen (secondary N) is 2. The zero-order valence-electron chi connectivity index (χ0n) is 21.1. The highest BCUT2D eigenvalue weighted by molar-refractivity contribution is 6.00. The molecule has 0 radical (unpaired) electrons. The highest BCUT2D eigenvalue weighted by Crippen LogP contribution is 2.28. The minimum Gasteiger partial charge on any atom is -0.465 e. The van der Waals surface area contributed by atoms with Gasteiger partial charge in [0.25, 0.3) is 0 Å². The average Bonchev–Trinajstić information content (AvgIpc) is 3.12. The fraction of sp³-hybridized carbons (Fsp3) is 0.615. The van der Waals surface area contributed by atoms with E-state index in [4.69, 9.17) is 9.84 Å². The Morgan fingerprint density at radius 3 is 2.43 bits per heavy atom. The molecule has 5 rings (SSSR count). The molecule has 1 aliphatic carbocycles. The number of nitrogens with zero attached hydrogens (tertiary/aromatic N) is 3. The van der Waals surface area contributed by atoms with Crippen molar-refractivity contribution in [1.29, 1.82) is 0 Å². The van der Waals surface area contributed by atoms with Crippen LogP contribution in [0.25, 0.3) is 11.0 Å². The smallest absolute Gasteiger partial charge is 0.404 e. The van der Waals surface area contributed by atoms with Gasteiger partial charge >= 0.3 is 11.8 Å². The van der Waals surface area contributed by atoms with E-state index in [2.05, 4.69) is 15.5 Å². The third-order valence-electron chi connectivity index (χ3n) is 8.02. The predicted octanol–water partition coefficient (Wildman–Crippen LogP) is 1.88. The molecule has 3 heterocycles. The Morgan fingerprint density at radius 2 is 1.76 bits per heavy atom. The van der Waals surface area contributed by atoms with Gasteiger partial charge in [-0.05, 0) is 56.6 Å². The second-order valence-electron chi connectivity index (χ2n) is 10.5. The Hall–Kier alpha value is -3.18. The van der Waals surface area contributed by atoms with E-state index < -0.39 is 18.0 Å². The molecule has 1 aromatic carbocycles. The quantitative estimate of drug-likeness (QED) is 0.502. The molecule has 2 saturated heterocycles. The molecule has 0 spiro atoms. The number of ether oxygens (including phenoxy) is 1. The van der Waals surface area contributed by atoms with Crippen LogP contribution in [0.2, 0.25) is 0 Å². The summed E-state index contributed by atoms with van der Waals surface area (Å²) in [6.07, 6.45) is 5.23. The number of piperidine rings is 2. The molecule has 3 amide bonds. The van der Waals surface area contributed by atoms with Crippen molar-refractivity contribution < 1.29 is 24.2 Å². The number of imide groups is 1. The number of hydrogen-bond acceptors (Lipinski definition) is 6. The lowest BCUT2D eigenvalue weighted by Crippen LogP contribution is -2.44. The van der Waals surface area contributed by atoms with Crippen LogP contribution < -0.4 is 16.3 Å². The number of amides is 3. The summed E-state index contributed by atoms with van der Waals surface area (Å²) in [5.74, 6) is -0.726. The zero-order chi connectivity index (χ0) is 26.1. The number of imidazole rings is 1. The van der Waals surface area contributed by atoms with Crippen molar-refractivity contribution in [3.63, 3.8) is 0 Å². The third-order valence-corrected chi connectivity index (χ3v) is 8.02. The summed E-state index contributed by atoms with van der Waals surface area (Å²) in [6.45, 7) is 2.47. The maximum Gasteiger partial charge on any atom is 0.404 e. The number of carbonyl (C=O) groups is 3. The van der Waals surface area contributed by atoms with Gasteiger partial charge in [-0.3, -0.25) is 28.9 Å². The van der Waals surface area contributed by atoms with Gasteiger partial charge in [0.05, 0.1) is 23.2 Å². The summed E-state index contributed by atoms with van der Waals surface area (Å²) in [4.78, 5) is 50.5. The first kappa shape index (κ1) is 25.5. The van der Waals surface area contributed by atoms with Crippen LogP contribution in [0.5, 0.6) is 0 Å². The third kappa shape index (κ3) is 5.42. The van der Waals surface area contributed by atoms with Gasteiger partial charge in [0, 0.05) is 39.1 Å². The fourth-order valence-electron chi connectivity index (χ4n) is 6.11. The van der Waals surface area contributed by atoms with E-state index >= 15 is 0 Å². The molecule has 11 heteroatoms. The van der Waals surface area contributed by atoms with Crippen LogP contribution in [0.3, 0.4) is 0 Å². The molecule has 37 heavy (non-hydrogen) atoms. The molecule has 2 aromatic rings. The van der Waals surface area contributed by atoms with Crippen molar-refractivity contribution in [2.75, 3.05) is 13.1 Å². The van der Waals surface area contributed by atoms with E-state index in [0.29, 0.717) is 18.5 Å². The van der Waals surface area contributed by atoms with Crippen molar-refractivity contribution >= 4 is 28.9 Å². The highest BCUT2D eigenvalue weighted by atomic mass is 16.5. The Balaban J connectivity index is 1.21. The van der Waals surface area contributed by atoms with Gasteiger partial charge in [0.2, 0.25) is 11.8 Å². The molecule has 3 N–H and O–H groups in total. The number of likely N-dealkylation sites (tertiary alicyclic amines) is 1. The van der Waals surface area contributed by atoms with Crippen LogP contribution in [0.4, 0.5) is 4.79 Å². The zero-order valence-corrected chi connectivity index (χ0v) is 21.1. The summed E-state index contributed by atoms with van der Waals surface area (Å²) in [7, 11) is 1.73. The Morgan fingerprint density at radius 1 is 1.05 bits per heavy atom. The molecule has 2 aliphatic heterocycles. The van der Waals surface area contributed by atoms with E-state index in [9.17, 15) is 19.2 Å². The molecule has 3 aliphatic rings. The Bertz CT molecular complexity index is 1240. The molecule has 1 saturated carbocycles. The number of rotatable bonds is 6. The predicted molar refractivity (Wildman–Crippen MR) is 135 cm³/mol. The van der Waals surface area contributed by atoms with E-state index in [1.807, 2.05) is 18.2 Å². The molecule has 11 nitrogen and oxygen atoms in total.